The Kier molecular flexibility index (Phi) is 7.90. The lowest BCUT2D eigenvalue weighted by molar-refractivity contribution is 1.18. The van der Waals surface area contributed by atoms with Crippen molar-refractivity contribution in [1.82, 2.24) is 9.97 Å². The van der Waals surface area contributed by atoms with Gasteiger partial charge < -0.3 is 0 Å². The van der Waals surface area contributed by atoms with Crippen LogP contribution in [0.3, 0.4) is 0 Å². The Morgan fingerprint density at radius 3 is 1.45 bits per heavy atom. The molecule has 0 saturated carbocycles. The number of thiophene rings is 2. The highest BCUT2D eigenvalue weighted by Crippen LogP contribution is 2.49. The molecule has 262 valence electrons. The first-order valence-corrected chi connectivity index (χ1v) is 20.5. The number of nitrogens with zero attached hydrogens (tertiary/aromatic N) is 2. The molecule has 56 heavy (non-hydrogen) atoms. The zero-order valence-electron chi connectivity index (χ0n) is 30.2. The topological polar surface area (TPSA) is 25.8 Å². The Balaban J connectivity index is 1.19. The summed E-state index contributed by atoms with van der Waals surface area (Å²) in [6, 6.07) is 69.6. The zero-order valence-corrected chi connectivity index (χ0v) is 31.8. The van der Waals surface area contributed by atoms with Crippen molar-refractivity contribution in [3.63, 3.8) is 0 Å². The Morgan fingerprint density at radius 1 is 0.304 bits per heavy atom. The maximum absolute atomic E-state index is 5.40. The molecule has 11 aromatic rings. The number of fused-ring (bicyclic) bond motifs is 6. The van der Waals surface area contributed by atoms with Gasteiger partial charge in [0.2, 0.25) is 0 Å². The molecule has 0 N–H and O–H groups in total. The van der Waals surface area contributed by atoms with E-state index in [0.717, 1.165) is 28.1 Å². The van der Waals surface area contributed by atoms with E-state index in [4.69, 9.17) is 9.97 Å². The lowest BCUT2D eigenvalue weighted by atomic mass is 9.88. The van der Waals surface area contributed by atoms with Gasteiger partial charge in [-0.15, -0.1) is 22.7 Å². The summed E-state index contributed by atoms with van der Waals surface area (Å²) < 4.78 is 5.16. The van der Waals surface area contributed by atoms with Crippen molar-refractivity contribution in [3.05, 3.63) is 194 Å². The van der Waals surface area contributed by atoms with Crippen LogP contribution in [0.25, 0.3) is 108 Å². The van der Waals surface area contributed by atoms with Gasteiger partial charge in [0.25, 0.3) is 0 Å². The number of hydrogen-bond acceptors (Lipinski definition) is 4. The van der Waals surface area contributed by atoms with Gasteiger partial charge in [0.15, 0.2) is 5.82 Å². The summed E-state index contributed by atoms with van der Waals surface area (Å²) >= 11 is 3.74. The average molecular weight is 749 g/mol. The van der Waals surface area contributed by atoms with Gasteiger partial charge in [0.1, 0.15) is 0 Å². The van der Waals surface area contributed by atoms with Gasteiger partial charge in [-0.2, -0.15) is 0 Å². The molecule has 0 fully saturated rings. The molecule has 8 aromatic carbocycles. The largest absolute Gasteiger partial charge is 0.228 e. The molecule has 0 radical (unpaired) electrons. The molecule has 0 aliphatic rings. The van der Waals surface area contributed by atoms with Crippen molar-refractivity contribution in [2.45, 2.75) is 0 Å². The number of aromatic nitrogens is 2. The molecular weight excluding hydrogens is 717 g/mol. The molecule has 0 amide bonds. The van der Waals surface area contributed by atoms with Gasteiger partial charge >= 0.3 is 0 Å². The molecule has 0 aliphatic carbocycles. The summed E-state index contributed by atoms with van der Waals surface area (Å²) in [6.45, 7) is 0. The highest BCUT2D eigenvalue weighted by molar-refractivity contribution is 7.26. The second-order valence-corrected chi connectivity index (χ2v) is 16.2. The average Bonchev–Trinajstić information content (AvgIpc) is 3.86. The minimum absolute atomic E-state index is 0.702. The van der Waals surface area contributed by atoms with E-state index in [-0.39, 0.29) is 0 Å². The van der Waals surface area contributed by atoms with Gasteiger partial charge in [-0.1, -0.05) is 176 Å². The van der Waals surface area contributed by atoms with Crippen LogP contribution in [0.2, 0.25) is 0 Å². The van der Waals surface area contributed by atoms with E-state index in [2.05, 4.69) is 188 Å². The Bertz CT molecular complexity index is 3230. The minimum atomic E-state index is 0.702. The normalized spacial score (nSPS) is 11.6. The van der Waals surface area contributed by atoms with Crippen LogP contribution in [0.5, 0.6) is 0 Å². The van der Waals surface area contributed by atoms with Gasteiger partial charge in [0.05, 0.1) is 11.4 Å². The van der Waals surface area contributed by atoms with Crippen LogP contribution in [0.1, 0.15) is 0 Å². The number of rotatable bonds is 6. The third kappa shape index (κ3) is 5.53. The van der Waals surface area contributed by atoms with E-state index in [1.165, 1.54) is 73.7 Å². The van der Waals surface area contributed by atoms with Crippen LogP contribution < -0.4 is 0 Å². The highest BCUT2D eigenvalue weighted by atomic mass is 32.1. The maximum atomic E-state index is 5.40. The summed E-state index contributed by atoms with van der Waals surface area (Å²) in [7, 11) is 0. The Morgan fingerprint density at radius 2 is 0.768 bits per heavy atom. The van der Waals surface area contributed by atoms with Gasteiger partial charge in [-0.05, 0) is 34.9 Å². The number of benzene rings is 8. The van der Waals surface area contributed by atoms with Gasteiger partial charge in [-0.3, -0.25) is 0 Å². The minimum Gasteiger partial charge on any atom is -0.228 e. The molecule has 11 rings (SSSR count). The monoisotopic (exact) mass is 748 g/mol. The van der Waals surface area contributed by atoms with Crippen molar-refractivity contribution in [2.24, 2.45) is 0 Å². The predicted octanol–water partition coefficient (Wildman–Crippen LogP) is 15.2. The molecule has 0 bridgehead atoms. The molecule has 0 spiro atoms. The lowest BCUT2D eigenvalue weighted by Crippen LogP contribution is -1.98. The van der Waals surface area contributed by atoms with Crippen molar-refractivity contribution in [2.75, 3.05) is 0 Å². The second kappa shape index (κ2) is 13.5. The van der Waals surface area contributed by atoms with Crippen LogP contribution in [0, 0.1) is 0 Å². The molecule has 0 unspecified atom stereocenters. The van der Waals surface area contributed by atoms with Crippen molar-refractivity contribution in [1.29, 1.82) is 0 Å². The third-order valence-electron chi connectivity index (χ3n) is 10.8. The van der Waals surface area contributed by atoms with Crippen LogP contribution in [0.4, 0.5) is 0 Å². The summed E-state index contributed by atoms with van der Waals surface area (Å²) in [4.78, 5) is 10.6. The quantitative estimate of drug-likeness (QED) is 0.169. The molecule has 0 saturated heterocycles. The summed E-state index contributed by atoms with van der Waals surface area (Å²) in [5, 5.41) is 5.14. The Labute approximate surface area is 332 Å². The fraction of sp³-hybridized carbons (Fsp3) is 0. The zero-order chi connectivity index (χ0) is 37.0. The standard InChI is InChI=1S/C52H32N2S2/c1-3-14-33(15-4-1)34-28-30-35(31-29-34)45-32-46(54-52(53-45)36-16-5-2-6-17-36)43-24-11-20-39(42-23-12-21-40-37-18-7-9-26-47(37)55-50(40)42)49(43)44-25-13-22-41-38-19-8-10-27-48(38)56-51(41)44/h1-32H. The molecule has 3 heterocycles. The van der Waals surface area contributed by atoms with Crippen LogP contribution in [-0.2, 0) is 0 Å². The van der Waals surface area contributed by atoms with Crippen molar-refractivity contribution in [3.8, 4) is 67.3 Å². The van der Waals surface area contributed by atoms with E-state index in [1.54, 1.807) is 0 Å². The van der Waals surface area contributed by atoms with E-state index in [9.17, 15) is 0 Å². The van der Waals surface area contributed by atoms with E-state index >= 15 is 0 Å². The first-order chi connectivity index (χ1) is 27.8. The predicted molar refractivity (Wildman–Crippen MR) is 240 cm³/mol. The van der Waals surface area contributed by atoms with Gasteiger partial charge in [0, 0.05) is 73.7 Å². The molecule has 2 nitrogen and oxygen atoms in total. The molecule has 0 aliphatic heterocycles. The first-order valence-electron chi connectivity index (χ1n) is 18.8. The smallest absolute Gasteiger partial charge is 0.160 e. The van der Waals surface area contributed by atoms with Crippen LogP contribution in [-0.4, -0.2) is 9.97 Å². The summed E-state index contributed by atoms with van der Waals surface area (Å²) in [6.07, 6.45) is 0. The molecule has 3 aromatic heterocycles. The molecule has 4 heteroatoms. The van der Waals surface area contributed by atoms with Crippen molar-refractivity contribution < 1.29 is 0 Å². The third-order valence-corrected chi connectivity index (χ3v) is 13.2. The second-order valence-electron chi connectivity index (χ2n) is 14.1. The highest BCUT2D eigenvalue weighted by Gasteiger charge is 2.22. The lowest BCUT2D eigenvalue weighted by Gasteiger charge is -2.18. The van der Waals surface area contributed by atoms with E-state index in [0.29, 0.717) is 5.82 Å². The van der Waals surface area contributed by atoms with Gasteiger partial charge in [-0.25, -0.2) is 9.97 Å². The number of hydrogen-bond donors (Lipinski definition) is 0. The Hall–Kier alpha value is -6.72. The fourth-order valence-corrected chi connectivity index (χ4v) is 10.6. The summed E-state index contributed by atoms with van der Waals surface area (Å²) in [5.41, 5.74) is 12.1. The molecular formula is C52H32N2S2. The van der Waals surface area contributed by atoms with E-state index in [1.807, 2.05) is 28.7 Å². The first kappa shape index (κ1) is 32.7. The van der Waals surface area contributed by atoms with E-state index < -0.39 is 0 Å². The van der Waals surface area contributed by atoms with Crippen molar-refractivity contribution >= 4 is 63.0 Å². The van der Waals surface area contributed by atoms with Crippen LogP contribution >= 0.6 is 22.7 Å². The molecule has 0 atom stereocenters. The SMILES string of the molecule is c1ccc(-c2ccc(-c3cc(-c4cccc(-c5cccc6c5sc5ccccc56)c4-c4cccc5c4sc4ccccc45)nc(-c4ccccc4)n3)cc2)cc1. The van der Waals surface area contributed by atoms with Crippen LogP contribution in [0.15, 0.2) is 194 Å². The maximum Gasteiger partial charge on any atom is 0.160 e. The summed E-state index contributed by atoms with van der Waals surface area (Å²) in [5.74, 6) is 0.702. The fourth-order valence-electron chi connectivity index (χ4n) is 8.10.